The highest BCUT2D eigenvalue weighted by Gasteiger charge is 2.18. The minimum absolute atomic E-state index is 0.0293. The number of primary sulfonamides is 1. The maximum Gasteiger partial charge on any atom is 0.262 e. The number of carbonyl (C=O) groups excluding carboxylic acids is 1. The number of likely N-dealkylation sites (N-methyl/N-ethyl adjacent to an activating group) is 1. The number of rotatable bonds is 4. The van der Waals surface area contributed by atoms with Gasteiger partial charge in [-0.2, -0.15) is 0 Å². The number of amides is 1. The summed E-state index contributed by atoms with van der Waals surface area (Å²) in [7, 11) is -0.508. The Morgan fingerprint density at radius 1 is 1.42 bits per heavy atom. The van der Waals surface area contributed by atoms with Gasteiger partial charge in [-0.05, 0) is 41.1 Å². The fraction of sp³-hybridized carbons (Fsp3) is 0.364. The van der Waals surface area contributed by atoms with E-state index in [4.69, 9.17) is 9.88 Å². The van der Waals surface area contributed by atoms with Crippen LogP contribution in [0.15, 0.2) is 27.6 Å². The van der Waals surface area contributed by atoms with Crippen LogP contribution in [0.3, 0.4) is 0 Å². The predicted molar refractivity (Wildman–Crippen MR) is 74.3 cm³/mol. The summed E-state index contributed by atoms with van der Waals surface area (Å²) in [6, 6.07) is 4.10. The van der Waals surface area contributed by atoms with Gasteiger partial charge in [-0.1, -0.05) is 0 Å². The van der Waals surface area contributed by atoms with Crippen molar-refractivity contribution in [3.8, 4) is 5.75 Å². The SMILES string of the molecule is CC(Oc1ccc(S(N)(=O)=O)cc1Br)C(=O)N(C)C. The lowest BCUT2D eigenvalue weighted by atomic mass is 10.3. The van der Waals surface area contributed by atoms with E-state index >= 15 is 0 Å². The van der Waals surface area contributed by atoms with Crippen LogP contribution in [-0.2, 0) is 14.8 Å². The van der Waals surface area contributed by atoms with Crippen molar-refractivity contribution >= 4 is 31.9 Å². The van der Waals surface area contributed by atoms with Crippen LogP contribution in [-0.4, -0.2) is 39.4 Å². The smallest absolute Gasteiger partial charge is 0.262 e. The molecule has 2 N–H and O–H groups in total. The fourth-order valence-electron chi connectivity index (χ4n) is 1.36. The molecular weight excluding hydrogens is 336 g/mol. The average Bonchev–Trinajstić information content (AvgIpc) is 2.29. The van der Waals surface area contributed by atoms with Gasteiger partial charge in [0.25, 0.3) is 5.91 Å². The molecule has 1 aromatic rings. The van der Waals surface area contributed by atoms with Crippen LogP contribution in [0.1, 0.15) is 6.92 Å². The van der Waals surface area contributed by atoms with Crippen molar-refractivity contribution in [2.45, 2.75) is 17.9 Å². The van der Waals surface area contributed by atoms with Gasteiger partial charge < -0.3 is 9.64 Å². The van der Waals surface area contributed by atoms with Gasteiger partial charge in [0.05, 0.1) is 9.37 Å². The van der Waals surface area contributed by atoms with Crippen molar-refractivity contribution in [3.05, 3.63) is 22.7 Å². The van der Waals surface area contributed by atoms with E-state index < -0.39 is 16.1 Å². The van der Waals surface area contributed by atoms with Crippen LogP contribution < -0.4 is 9.88 Å². The number of sulfonamides is 1. The molecule has 0 saturated carbocycles. The lowest BCUT2D eigenvalue weighted by Gasteiger charge is -2.19. The van der Waals surface area contributed by atoms with E-state index in [0.717, 1.165) is 0 Å². The largest absolute Gasteiger partial charge is 0.480 e. The number of nitrogens with two attached hydrogens (primary N) is 1. The Hall–Kier alpha value is -1.12. The van der Waals surface area contributed by atoms with Crippen LogP contribution in [0.5, 0.6) is 5.75 Å². The number of carbonyl (C=O) groups is 1. The van der Waals surface area contributed by atoms with Gasteiger partial charge in [-0.3, -0.25) is 4.79 Å². The number of halogens is 1. The molecule has 1 rings (SSSR count). The molecule has 0 aliphatic heterocycles. The minimum atomic E-state index is -3.76. The van der Waals surface area contributed by atoms with Crippen molar-refractivity contribution in [1.82, 2.24) is 4.90 Å². The number of hydrogen-bond donors (Lipinski definition) is 1. The molecule has 0 spiro atoms. The fourth-order valence-corrected chi connectivity index (χ4v) is 2.52. The topological polar surface area (TPSA) is 89.7 Å². The van der Waals surface area contributed by atoms with Crippen molar-refractivity contribution in [3.63, 3.8) is 0 Å². The van der Waals surface area contributed by atoms with Gasteiger partial charge in [-0.25, -0.2) is 13.6 Å². The summed E-state index contributed by atoms with van der Waals surface area (Å²) in [6.07, 6.45) is -0.674. The second-order valence-electron chi connectivity index (χ2n) is 4.13. The van der Waals surface area contributed by atoms with Gasteiger partial charge in [0.2, 0.25) is 10.0 Å². The monoisotopic (exact) mass is 350 g/mol. The van der Waals surface area contributed by atoms with Crippen LogP contribution in [0.25, 0.3) is 0 Å². The van der Waals surface area contributed by atoms with E-state index in [0.29, 0.717) is 10.2 Å². The Morgan fingerprint density at radius 3 is 2.42 bits per heavy atom. The van der Waals surface area contributed by atoms with E-state index in [-0.39, 0.29) is 10.8 Å². The van der Waals surface area contributed by atoms with Crippen LogP contribution in [0.2, 0.25) is 0 Å². The first-order valence-electron chi connectivity index (χ1n) is 5.33. The van der Waals surface area contributed by atoms with Crippen LogP contribution in [0.4, 0.5) is 0 Å². The Morgan fingerprint density at radius 2 is 2.00 bits per heavy atom. The van der Waals surface area contributed by atoms with Gasteiger partial charge in [0.15, 0.2) is 6.10 Å². The molecule has 6 nitrogen and oxygen atoms in total. The zero-order valence-electron chi connectivity index (χ0n) is 10.8. The molecule has 8 heteroatoms. The summed E-state index contributed by atoms with van der Waals surface area (Å²) >= 11 is 3.18. The molecule has 0 bridgehead atoms. The average molecular weight is 351 g/mol. The second-order valence-corrected chi connectivity index (χ2v) is 6.55. The van der Waals surface area contributed by atoms with Gasteiger partial charge in [0, 0.05) is 14.1 Å². The highest BCUT2D eigenvalue weighted by molar-refractivity contribution is 9.10. The van der Waals surface area contributed by atoms with Gasteiger partial charge >= 0.3 is 0 Å². The Labute approximate surface area is 120 Å². The Balaban J connectivity index is 2.96. The molecule has 1 atom stereocenters. The molecule has 0 saturated heterocycles. The van der Waals surface area contributed by atoms with Gasteiger partial charge in [0.1, 0.15) is 5.75 Å². The molecule has 1 amide bonds. The van der Waals surface area contributed by atoms with E-state index in [1.54, 1.807) is 21.0 Å². The third-order valence-electron chi connectivity index (χ3n) is 2.32. The predicted octanol–water partition coefficient (Wildman–Crippen LogP) is 0.952. The van der Waals surface area contributed by atoms with Crippen molar-refractivity contribution in [2.75, 3.05) is 14.1 Å². The Bertz CT molecular complexity index is 586. The molecule has 1 aromatic carbocycles. The van der Waals surface area contributed by atoms with E-state index in [9.17, 15) is 13.2 Å². The number of benzene rings is 1. The maximum absolute atomic E-state index is 11.7. The minimum Gasteiger partial charge on any atom is -0.480 e. The molecule has 0 aromatic heterocycles. The maximum atomic E-state index is 11.7. The molecule has 0 heterocycles. The molecule has 0 aliphatic carbocycles. The summed E-state index contributed by atoms with van der Waals surface area (Å²) < 4.78 is 28.2. The second kappa shape index (κ2) is 5.89. The van der Waals surface area contributed by atoms with E-state index in [2.05, 4.69) is 15.9 Å². The van der Waals surface area contributed by atoms with Crippen molar-refractivity contribution < 1.29 is 17.9 Å². The Kier molecular flexibility index (Phi) is 4.94. The number of hydrogen-bond acceptors (Lipinski definition) is 4. The van der Waals surface area contributed by atoms with Gasteiger partial charge in [-0.15, -0.1) is 0 Å². The lowest BCUT2D eigenvalue weighted by Crippen LogP contribution is -2.35. The molecule has 0 radical (unpaired) electrons. The summed E-state index contributed by atoms with van der Waals surface area (Å²) in [6.45, 7) is 1.61. The molecule has 19 heavy (non-hydrogen) atoms. The highest BCUT2D eigenvalue weighted by Crippen LogP contribution is 2.28. The van der Waals surface area contributed by atoms with E-state index in [1.807, 2.05) is 0 Å². The normalized spacial score (nSPS) is 12.9. The first kappa shape index (κ1) is 15.9. The zero-order chi connectivity index (χ0) is 14.8. The highest BCUT2D eigenvalue weighted by atomic mass is 79.9. The van der Waals surface area contributed by atoms with Crippen LogP contribution in [0, 0.1) is 0 Å². The number of ether oxygens (including phenoxy) is 1. The molecular formula is C11H15BrN2O4S. The van der Waals surface area contributed by atoms with Crippen molar-refractivity contribution in [1.29, 1.82) is 0 Å². The third-order valence-corrected chi connectivity index (χ3v) is 3.85. The summed E-state index contributed by atoms with van der Waals surface area (Å²) in [4.78, 5) is 13.0. The lowest BCUT2D eigenvalue weighted by molar-refractivity contribution is -0.135. The zero-order valence-corrected chi connectivity index (χ0v) is 13.2. The third kappa shape index (κ3) is 4.19. The number of nitrogens with zero attached hydrogens (tertiary/aromatic N) is 1. The first-order chi connectivity index (χ1) is 8.62. The molecule has 0 fully saturated rings. The first-order valence-corrected chi connectivity index (χ1v) is 7.67. The van der Waals surface area contributed by atoms with Crippen LogP contribution >= 0.6 is 15.9 Å². The molecule has 106 valence electrons. The quantitative estimate of drug-likeness (QED) is 0.875. The molecule has 0 aliphatic rings. The summed E-state index contributed by atoms with van der Waals surface area (Å²) in [5.74, 6) is 0.178. The standard InChI is InChI=1S/C11H15BrN2O4S/c1-7(11(15)14(2)3)18-10-5-4-8(6-9(10)12)19(13,16)17/h4-7H,1-3H3,(H2,13,16,17). The van der Waals surface area contributed by atoms with Crippen molar-refractivity contribution in [2.24, 2.45) is 5.14 Å². The van der Waals surface area contributed by atoms with E-state index in [1.165, 1.54) is 23.1 Å². The summed E-state index contributed by atoms with van der Waals surface area (Å²) in [5, 5.41) is 5.01. The molecule has 1 unspecified atom stereocenters. The summed E-state index contributed by atoms with van der Waals surface area (Å²) in [5.41, 5.74) is 0.